The van der Waals surface area contributed by atoms with Gasteiger partial charge in [-0.3, -0.25) is 0 Å². The number of hydrogen-bond donors (Lipinski definition) is 1. The van der Waals surface area contributed by atoms with E-state index in [0.717, 1.165) is 11.4 Å². The zero-order valence-electron chi connectivity index (χ0n) is 13.7. The Bertz CT molecular complexity index is 932. The van der Waals surface area contributed by atoms with Gasteiger partial charge in [0.25, 0.3) is 0 Å². The van der Waals surface area contributed by atoms with Crippen LogP contribution in [0.2, 0.25) is 0 Å². The van der Waals surface area contributed by atoms with Crippen LogP contribution in [-0.2, 0) is 0 Å². The molecule has 5 rings (SSSR count). The van der Waals surface area contributed by atoms with Gasteiger partial charge < -0.3 is 10.2 Å². The predicted molar refractivity (Wildman–Crippen MR) is 99.5 cm³/mol. The van der Waals surface area contributed by atoms with Crippen LogP contribution in [0.5, 0.6) is 5.75 Å². The molecule has 0 saturated carbocycles. The molecule has 0 fully saturated rings. The summed E-state index contributed by atoms with van der Waals surface area (Å²) in [5, 5.41) is 2.13. The van der Waals surface area contributed by atoms with Crippen molar-refractivity contribution in [2.24, 2.45) is 0 Å². The van der Waals surface area contributed by atoms with Gasteiger partial charge in [0.1, 0.15) is 5.75 Å². The third-order valence-electron chi connectivity index (χ3n) is 4.82. The maximum absolute atomic E-state index is 5.83. The zero-order chi connectivity index (χ0) is 16.6. The molecule has 0 bridgehead atoms. The Labute approximate surface area is 147 Å². The van der Waals surface area contributed by atoms with E-state index in [1.54, 1.807) is 0 Å². The van der Waals surface area contributed by atoms with Crippen molar-refractivity contribution in [3.8, 4) is 16.9 Å². The summed E-state index contributed by atoms with van der Waals surface area (Å²) in [6, 6.07) is 27.6. The summed E-state index contributed by atoms with van der Waals surface area (Å²) in [5.74, 6) is 0.975. The number of hydrazine groups is 1. The van der Waals surface area contributed by atoms with Crippen LogP contribution in [-0.4, -0.2) is 11.7 Å². The van der Waals surface area contributed by atoms with Crippen molar-refractivity contribution < 1.29 is 4.74 Å². The third-order valence-corrected chi connectivity index (χ3v) is 4.82. The van der Waals surface area contributed by atoms with Crippen LogP contribution in [0.15, 0.2) is 84.9 Å². The lowest BCUT2D eigenvalue weighted by Crippen LogP contribution is -2.40. The second-order valence-corrected chi connectivity index (χ2v) is 6.36. The van der Waals surface area contributed by atoms with Crippen molar-refractivity contribution in [1.82, 2.24) is 10.4 Å². The monoisotopic (exact) mass is 326 g/mol. The number of nitrogens with one attached hydrogen (secondary N) is 1. The summed E-state index contributed by atoms with van der Waals surface area (Å²) >= 11 is 0. The molecule has 0 amide bonds. The number of nitrogens with zero attached hydrogens (tertiary/aromatic N) is 1. The molecule has 25 heavy (non-hydrogen) atoms. The van der Waals surface area contributed by atoms with E-state index in [1.807, 2.05) is 18.2 Å². The maximum Gasteiger partial charge on any atom is 0.159 e. The minimum absolute atomic E-state index is 0.216. The molecule has 1 atom stereocenters. The van der Waals surface area contributed by atoms with Crippen molar-refractivity contribution in [2.75, 3.05) is 6.73 Å². The molecule has 0 radical (unpaired) electrons. The van der Waals surface area contributed by atoms with Crippen LogP contribution in [0.25, 0.3) is 16.8 Å². The fourth-order valence-electron chi connectivity index (χ4n) is 3.51. The highest BCUT2D eigenvalue weighted by atomic mass is 16.5. The summed E-state index contributed by atoms with van der Waals surface area (Å²) in [7, 11) is 0. The first-order chi connectivity index (χ1) is 12.4. The largest absolute Gasteiger partial charge is 0.476 e. The van der Waals surface area contributed by atoms with Crippen LogP contribution in [0, 0.1) is 0 Å². The summed E-state index contributed by atoms with van der Waals surface area (Å²) in [5.41, 5.74) is 9.47. The van der Waals surface area contributed by atoms with Crippen molar-refractivity contribution in [3.63, 3.8) is 0 Å². The Hall–Kier alpha value is -3.04. The first-order valence-electron chi connectivity index (χ1n) is 8.51. The number of hydrogen-bond acceptors (Lipinski definition) is 3. The first-order valence-corrected chi connectivity index (χ1v) is 8.51. The summed E-state index contributed by atoms with van der Waals surface area (Å²) < 4.78 is 5.83. The van der Waals surface area contributed by atoms with Gasteiger partial charge in [-0.15, -0.1) is 0 Å². The average Bonchev–Trinajstić information content (AvgIpc) is 3.14. The van der Waals surface area contributed by atoms with Crippen LogP contribution in [0.3, 0.4) is 0 Å². The molecule has 1 N–H and O–H groups in total. The smallest absolute Gasteiger partial charge is 0.159 e. The topological polar surface area (TPSA) is 24.5 Å². The Morgan fingerprint density at radius 1 is 0.760 bits per heavy atom. The molecule has 3 aromatic rings. The van der Waals surface area contributed by atoms with E-state index < -0.39 is 0 Å². The normalized spacial score (nSPS) is 18.6. The molecule has 0 saturated heterocycles. The first kappa shape index (κ1) is 14.3. The second-order valence-electron chi connectivity index (χ2n) is 6.36. The lowest BCUT2D eigenvalue weighted by molar-refractivity contribution is 0.0595. The molecule has 3 aromatic carbocycles. The number of benzene rings is 3. The molecule has 0 spiro atoms. The molecule has 2 aliphatic heterocycles. The second kappa shape index (κ2) is 5.80. The van der Waals surface area contributed by atoms with Gasteiger partial charge in [-0.1, -0.05) is 72.8 Å². The highest BCUT2D eigenvalue weighted by Crippen LogP contribution is 2.39. The molecular weight excluding hydrogens is 308 g/mol. The highest BCUT2D eigenvalue weighted by molar-refractivity contribution is 5.71. The van der Waals surface area contributed by atoms with E-state index in [1.165, 1.54) is 22.3 Å². The molecular formula is C22H18N2O. The Balaban J connectivity index is 1.45. The Morgan fingerprint density at radius 2 is 1.44 bits per heavy atom. The Morgan fingerprint density at radius 3 is 2.28 bits per heavy atom. The molecule has 3 heteroatoms. The van der Waals surface area contributed by atoms with Crippen molar-refractivity contribution in [1.29, 1.82) is 0 Å². The quantitative estimate of drug-likeness (QED) is 0.744. The van der Waals surface area contributed by atoms with Crippen LogP contribution >= 0.6 is 0 Å². The molecule has 2 aliphatic rings. The minimum atomic E-state index is 0.216. The fourth-order valence-corrected chi connectivity index (χ4v) is 3.51. The van der Waals surface area contributed by atoms with Gasteiger partial charge in [0.05, 0.1) is 11.7 Å². The number of fused-ring (bicyclic) bond motifs is 3. The van der Waals surface area contributed by atoms with Gasteiger partial charge in [0, 0.05) is 5.56 Å². The lowest BCUT2D eigenvalue weighted by atomic mass is 10.0. The molecule has 0 aliphatic carbocycles. The van der Waals surface area contributed by atoms with Crippen molar-refractivity contribution in [2.45, 2.75) is 6.04 Å². The van der Waals surface area contributed by atoms with Gasteiger partial charge >= 0.3 is 0 Å². The molecule has 0 aromatic heterocycles. The van der Waals surface area contributed by atoms with Gasteiger partial charge in [0.15, 0.2) is 6.73 Å². The minimum Gasteiger partial charge on any atom is -0.476 e. The van der Waals surface area contributed by atoms with E-state index in [9.17, 15) is 0 Å². The van der Waals surface area contributed by atoms with Crippen LogP contribution < -0.4 is 10.2 Å². The summed E-state index contributed by atoms with van der Waals surface area (Å²) in [6.07, 6.45) is 2.28. The average molecular weight is 326 g/mol. The van der Waals surface area contributed by atoms with Gasteiger partial charge in [0.2, 0.25) is 0 Å². The van der Waals surface area contributed by atoms with E-state index in [4.69, 9.17) is 4.74 Å². The summed E-state index contributed by atoms with van der Waals surface area (Å²) in [6.45, 7) is 0.545. The van der Waals surface area contributed by atoms with Gasteiger partial charge in [-0.05, 0) is 28.8 Å². The Kier molecular flexibility index (Phi) is 3.32. The predicted octanol–water partition coefficient (Wildman–Crippen LogP) is 4.61. The molecule has 122 valence electrons. The van der Waals surface area contributed by atoms with E-state index in [-0.39, 0.29) is 6.04 Å². The van der Waals surface area contributed by atoms with Crippen LogP contribution in [0.4, 0.5) is 0 Å². The van der Waals surface area contributed by atoms with Gasteiger partial charge in [-0.2, -0.15) is 5.01 Å². The number of rotatable bonds is 2. The standard InChI is InChI=1S/C22H18N2O/c1-2-6-16(7-3-1)17-10-12-18(13-11-17)20-14-21-19-8-4-5-9-22(19)25-15-24(21)23-20/h1-14,21,23H,15H2/t21-/m0/s1. The zero-order valence-corrected chi connectivity index (χ0v) is 13.7. The van der Waals surface area contributed by atoms with E-state index in [2.05, 4.69) is 77.2 Å². The third kappa shape index (κ3) is 2.49. The SMILES string of the molecule is C1=C(c2ccc(-c3ccccc3)cc2)NN2COc3ccccc3[C@H]12. The lowest BCUT2D eigenvalue weighted by Gasteiger charge is -2.31. The van der Waals surface area contributed by atoms with Crippen molar-refractivity contribution in [3.05, 3.63) is 96.1 Å². The van der Waals surface area contributed by atoms with Crippen molar-refractivity contribution >= 4 is 5.70 Å². The van der Waals surface area contributed by atoms with E-state index >= 15 is 0 Å². The fraction of sp³-hybridized carbons (Fsp3) is 0.0909. The molecule has 2 heterocycles. The van der Waals surface area contributed by atoms with E-state index in [0.29, 0.717) is 6.73 Å². The number of ether oxygens (including phenoxy) is 1. The van der Waals surface area contributed by atoms with Crippen LogP contribution in [0.1, 0.15) is 17.2 Å². The number of para-hydroxylation sites is 1. The highest BCUT2D eigenvalue weighted by Gasteiger charge is 2.32. The molecule has 3 nitrogen and oxygen atoms in total. The maximum atomic E-state index is 5.83. The summed E-state index contributed by atoms with van der Waals surface area (Å²) in [4.78, 5) is 0. The van der Waals surface area contributed by atoms with Gasteiger partial charge in [-0.25, -0.2) is 0 Å². The molecule has 0 unspecified atom stereocenters.